The molecule has 1 aromatic rings. The summed E-state index contributed by atoms with van der Waals surface area (Å²) in [6.45, 7) is 6.04. The van der Waals surface area contributed by atoms with E-state index in [0.29, 0.717) is 25.8 Å². The first-order valence-corrected chi connectivity index (χ1v) is 12.6. The fourth-order valence-corrected chi connectivity index (χ4v) is 8.48. The van der Waals surface area contributed by atoms with E-state index in [-0.39, 0.29) is 24.0 Å². The smallest absolute Gasteiger partial charge is 0.339 e. The van der Waals surface area contributed by atoms with Gasteiger partial charge in [0.25, 0.3) is 0 Å². The third kappa shape index (κ3) is 2.61. The predicted molar refractivity (Wildman–Crippen MR) is 127 cm³/mol. The van der Waals surface area contributed by atoms with Crippen LogP contribution in [0.1, 0.15) is 45.1 Å². The minimum atomic E-state index is -1.98. The van der Waals surface area contributed by atoms with E-state index < -0.39 is 40.1 Å². The number of carbonyl (C=O) groups is 2. The van der Waals surface area contributed by atoms with Crippen LogP contribution in [0.25, 0.3) is 0 Å². The highest BCUT2D eigenvalue weighted by Crippen LogP contribution is 2.72. The monoisotopic (exact) mass is 481 g/mol. The number of nitrogens with zero attached hydrogens (tertiary/aromatic N) is 1. The summed E-state index contributed by atoms with van der Waals surface area (Å²) in [4.78, 5) is 31.4. The second-order valence-electron chi connectivity index (χ2n) is 11.7. The van der Waals surface area contributed by atoms with Crippen LogP contribution in [0.15, 0.2) is 48.1 Å². The summed E-state index contributed by atoms with van der Waals surface area (Å²) >= 11 is 0. The van der Waals surface area contributed by atoms with Crippen molar-refractivity contribution in [1.29, 1.82) is 0 Å². The first kappa shape index (κ1) is 22.9. The van der Waals surface area contributed by atoms with Crippen LogP contribution in [-0.2, 0) is 14.4 Å². The van der Waals surface area contributed by atoms with Crippen molar-refractivity contribution in [3.63, 3.8) is 0 Å². The number of hydrogen-bond acceptors (Lipinski definition) is 5. The van der Waals surface area contributed by atoms with E-state index in [4.69, 9.17) is 4.84 Å². The lowest BCUT2D eigenvalue weighted by Crippen LogP contribution is -2.69. The summed E-state index contributed by atoms with van der Waals surface area (Å²) in [5, 5.41) is 23.8. The van der Waals surface area contributed by atoms with Gasteiger partial charge in [0.1, 0.15) is 0 Å². The molecule has 4 fully saturated rings. The van der Waals surface area contributed by atoms with Crippen molar-refractivity contribution < 1.29 is 29.0 Å². The van der Waals surface area contributed by atoms with Crippen molar-refractivity contribution >= 4 is 17.4 Å². The number of benzene rings is 1. The number of carboxylic acid groups (broad SMARTS) is 1. The van der Waals surface area contributed by atoms with Gasteiger partial charge in [-0.1, -0.05) is 36.3 Å². The Morgan fingerprint density at radius 3 is 2.60 bits per heavy atom. The van der Waals surface area contributed by atoms with Crippen molar-refractivity contribution in [1.82, 2.24) is 0 Å². The van der Waals surface area contributed by atoms with Gasteiger partial charge in [-0.15, -0.1) is 0 Å². The van der Waals surface area contributed by atoms with Crippen LogP contribution in [0.5, 0.6) is 0 Å². The van der Waals surface area contributed by atoms with Gasteiger partial charge in [0.05, 0.1) is 18.3 Å². The van der Waals surface area contributed by atoms with Gasteiger partial charge in [-0.3, -0.25) is 14.7 Å². The molecule has 1 aliphatic heterocycles. The molecule has 5 aliphatic rings. The first-order valence-electron chi connectivity index (χ1n) is 12.6. The van der Waals surface area contributed by atoms with Crippen LogP contribution >= 0.6 is 0 Å². The zero-order chi connectivity index (χ0) is 25.0. The number of halogens is 1. The predicted octanol–water partition coefficient (Wildman–Crippen LogP) is 4.17. The highest BCUT2D eigenvalue weighted by Gasteiger charge is 2.79. The second kappa shape index (κ2) is 7.04. The number of allylic oxidation sites excluding steroid dienone is 4. The Kier molecular flexibility index (Phi) is 4.61. The maximum atomic E-state index is 17.3. The van der Waals surface area contributed by atoms with E-state index >= 15 is 4.39 Å². The van der Waals surface area contributed by atoms with E-state index in [2.05, 4.69) is 0 Å². The highest BCUT2D eigenvalue weighted by molar-refractivity contribution is 6.01. The summed E-state index contributed by atoms with van der Waals surface area (Å²) in [6, 6.07) is 7.76. The molecular weight excluding hydrogens is 449 g/mol. The third-order valence-electron chi connectivity index (χ3n) is 10.3. The molecule has 6 nitrogen and oxygen atoms in total. The Morgan fingerprint density at radius 2 is 1.91 bits per heavy atom. The van der Waals surface area contributed by atoms with Gasteiger partial charge < -0.3 is 10.2 Å². The summed E-state index contributed by atoms with van der Waals surface area (Å²) in [6.07, 6.45) is 4.70. The van der Waals surface area contributed by atoms with Crippen molar-refractivity contribution in [2.24, 2.45) is 28.6 Å². The molecule has 2 N–H and O–H groups in total. The number of alkyl halides is 1. The number of aryl methyl sites for hydroxylation is 1. The Morgan fingerprint density at radius 1 is 1.20 bits per heavy atom. The van der Waals surface area contributed by atoms with E-state index in [9.17, 15) is 19.8 Å². The van der Waals surface area contributed by atoms with Crippen molar-refractivity contribution in [2.45, 2.75) is 63.8 Å². The topological polar surface area (TPSA) is 87.1 Å². The number of fused-ring (bicyclic) bond motifs is 7. The van der Waals surface area contributed by atoms with Crippen molar-refractivity contribution in [2.75, 3.05) is 11.6 Å². The maximum Gasteiger partial charge on any atom is 0.339 e. The standard InChI is InChI=1S/C28H32FNO5/c1-16-4-7-19(8-5-16)30-15-18-13-22-21-9-6-17-12-20(31)10-11-25(17,2)27(21,29)23(32)14-26(22,3)28(18,35-30)24(33)34/h4-5,7-8,10-12,18,21-23,32H,6,9,13-15H2,1-3H3,(H,33,34)/t18-,21-,22-,23-,25-,26-,27-,28-/m0/s1. The number of rotatable bonds is 2. The fourth-order valence-electron chi connectivity index (χ4n) is 8.48. The number of carbonyl (C=O) groups excluding carboxylic acids is 1. The summed E-state index contributed by atoms with van der Waals surface area (Å²) < 4.78 is 17.3. The van der Waals surface area contributed by atoms with Gasteiger partial charge in [0, 0.05) is 22.7 Å². The molecule has 0 unspecified atom stereocenters. The molecule has 0 spiro atoms. The van der Waals surface area contributed by atoms with E-state index in [1.807, 2.05) is 38.1 Å². The number of aliphatic carboxylic acids is 1. The summed E-state index contributed by atoms with van der Waals surface area (Å²) in [5.74, 6) is -2.33. The normalized spacial score (nSPS) is 45.9. The van der Waals surface area contributed by atoms with Crippen LogP contribution in [-0.4, -0.2) is 45.9 Å². The highest BCUT2D eigenvalue weighted by atomic mass is 19.1. The number of ketones is 1. The van der Waals surface area contributed by atoms with Gasteiger partial charge in [-0.05, 0) is 69.7 Å². The number of hydroxylamine groups is 1. The molecular formula is C28H32FNO5. The number of carboxylic acids is 1. The summed E-state index contributed by atoms with van der Waals surface area (Å²) in [5.41, 5.74) is -2.95. The molecule has 0 amide bonds. The molecule has 0 bridgehead atoms. The van der Waals surface area contributed by atoms with Gasteiger partial charge in [0.2, 0.25) is 5.60 Å². The van der Waals surface area contributed by atoms with Crippen LogP contribution in [0.4, 0.5) is 10.1 Å². The lowest BCUT2D eigenvalue weighted by atomic mass is 9.45. The quantitative estimate of drug-likeness (QED) is 0.660. The molecule has 1 aromatic carbocycles. The molecule has 1 saturated heterocycles. The molecule has 0 aromatic heterocycles. The Hall–Kier alpha value is -2.51. The van der Waals surface area contributed by atoms with Gasteiger partial charge in [-0.2, -0.15) is 0 Å². The SMILES string of the molecule is Cc1ccc(N2C[C@@H]3C[C@H]4[C@@H]5CCC6=CC(=O)C=C[C@]6(C)[C@@]5(F)[C@@H](O)C[C@]4(C)[C@]3(C(=O)O)O2)cc1. The average Bonchev–Trinajstić information content (AvgIpc) is 3.30. The number of aliphatic hydroxyl groups excluding tert-OH is 1. The van der Waals surface area contributed by atoms with E-state index in [1.54, 1.807) is 18.1 Å². The Balaban J connectivity index is 1.41. The van der Waals surface area contributed by atoms with Gasteiger partial charge >= 0.3 is 5.97 Å². The molecule has 186 valence electrons. The molecule has 3 saturated carbocycles. The molecule has 8 atom stereocenters. The Bertz CT molecular complexity index is 1180. The molecule has 7 heteroatoms. The molecule has 35 heavy (non-hydrogen) atoms. The van der Waals surface area contributed by atoms with Crippen LogP contribution in [0.3, 0.4) is 0 Å². The number of aliphatic hydroxyl groups is 1. The van der Waals surface area contributed by atoms with Crippen molar-refractivity contribution in [3.05, 3.63) is 53.6 Å². The zero-order valence-corrected chi connectivity index (χ0v) is 20.3. The molecule has 1 heterocycles. The summed E-state index contributed by atoms with van der Waals surface area (Å²) in [7, 11) is 0. The van der Waals surface area contributed by atoms with E-state index in [0.717, 1.165) is 16.8 Å². The van der Waals surface area contributed by atoms with Gasteiger partial charge in [0.15, 0.2) is 11.5 Å². The maximum absolute atomic E-state index is 17.3. The van der Waals surface area contributed by atoms with Crippen LogP contribution in [0, 0.1) is 35.5 Å². The average molecular weight is 482 g/mol. The van der Waals surface area contributed by atoms with Gasteiger partial charge in [-0.25, -0.2) is 9.18 Å². The number of anilines is 1. The fraction of sp³-hybridized carbons (Fsp3) is 0.571. The first-order chi connectivity index (χ1) is 16.5. The largest absolute Gasteiger partial charge is 0.479 e. The number of hydrogen-bond donors (Lipinski definition) is 2. The Labute approximate surface area is 204 Å². The van der Waals surface area contributed by atoms with Crippen LogP contribution in [0.2, 0.25) is 0 Å². The lowest BCUT2D eigenvalue weighted by molar-refractivity contribution is -0.229. The molecule has 4 aliphatic carbocycles. The molecule has 0 radical (unpaired) electrons. The minimum absolute atomic E-state index is 0.0140. The minimum Gasteiger partial charge on any atom is -0.479 e. The van der Waals surface area contributed by atoms with E-state index in [1.165, 1.54) is 12.2 Å². The van der Waals surface area contributed by atoms with Crippen LogP contribution < -0.4 is 5.06 Å². The van der Waals surface area contributed by atoms with Crippen molar-refractivity contribution in [3.8, 4) is 0 Å². The second-order valence-corrected chi connectivity index (χ2v) is 11.7. The third-order valence-corrected chi connectivity index (χ3v) is 10.3. The zero-order valence-electron chi connectivity index (χ0n) is 20.3. The molecule has 6 rings (SSSR count). The lowest BCUT2D eigenvalue weighted by Gasteiger charge is -2.62.